The Balaban J connectivity index is 1.58. The monoisotopic (exact) mass is 366 g/mol. The number of hydrogen-bond donors (Lipinski definition) is 0. The summed E-state index contributed by atoms with van der Waals surface area (Å²) in [5.41, 5.74) is 3.96. The first-order valence-corrected chi connectivity index (χ1v) is 8.66. The summed E-state index contributed by atoms with van der Waals surface area (Å²) in [7, 11) is 0. The Kier molecular flexibility index (Phi) is 5.59. The molecule has 0 amide bonds. The van der Waals surface area contributed by atoms with E-state index >= 15 is 0 Å². The predicted octanol–water partition coefficient (Wildman–Crippen LogP) is 5.61. The van der Waals surface area contributed by atoms with Crippen LogP contribution in [0.15, 0.2) is 66.7 Å². The second-order valence-electron chi connectivity index (χ2n) is 6.02. The highest BCUT2D eigenvalue weighted by Gasteiger charge is 2.09. The summed E-state index contributed by atoms with van der Waals surface area (Å²) in [5, 5.41) is 0.680. The van der Waals surface area contributed by atoms with Crippen LogP contribution < -0.4 is 9.47 Å². The Morgan fingerprint density at radius 2 is 1.42 bits per heavy atom. The Hall–Kier alpha value is -2.78. The van der Waals surface area contributed by atoms with Crippen LogP contribution in [0, 0.1) is 13.8 Å². The number of esters is 1. The van der Waals surface area contributed by atoms with Gasteiger partial charge in [0.1, 0.15) is 11.5 Å². The smallest absolute Gasteiger partial charge is 0.349 e. The van der Waals surface area contributed by atoms with Gasteiger partial charge in [-0.2, -0.15) is 0 Å². The molecule has 0 aliphatic heterocycles. The Labute approximate surface area is 158 Å². The molecule has 0 bridgehead atoms. The molecule has 3 aromatic carbocycles. The topological polar surface area (TPSA) is 35.5 Å². The lowest BCUT2D eigenvalue weighted by Gasteiger charge is -2.10. The number of aryl methyl sites for hydroxylation is 2. The lowest BCUT2D eigenvalue weighted by Crippen LogP contribution is -2.17. The normalized spacial score (nSPS) is 10.4. The van der Waals surface area contributed by atoms with Crippen LogP contribution in [0.1, 0.15) is 11.1 Å². The summed E-state index contributed by atoms with van der Waals surface area (Å²) < 4.78 is 10.8. The number of ether oxygens (including phenoxy) is 2. The molecule has 3 rings (SSSR count). The Morgan fingerprint density at radius 1 is 0.846 bits per heavy atom. The molecule has 0 aliphatic rings. The molecule has 4 heteroatoms. The molecule has 3 aromatic rings. The number of hydrogen-bond acceptors (Lipinski definition) is 3. The first-order valence-electron chi connectivity index (χ1n) is 8.28. The first kappa shape index (κ1) is 18.0. The molecule has 0 spiro atoms. The maximum atomic E-state index is 12.0. The standard InChI is InChI=1S/C22H19ClO3/c1-15-12-20(13-16(2)22(15)23)26-21(24)14-25-19-10-8-18(9-11-19)17-6-4-3-5-7-17/h3-13H,14H2,1-2H3. The van der Waals surface area contributed by atoms with E-state index in [4.69, 9.17) is 21.1 Å². The van der Waals surface area contributed by atoms with E-state index < -0.39 is 5.97 Å². The predicted molar refractivity (Wildman–Crippen MR) is 104 cm³/mol. The minimum atomic E-state index is -0.460. The summed E-state index contributed by atoms with van der Waals surface area (Å²) in [6, 6.07) is 21.1. The van der Waals surface area contributed by atoms with Gasteiger partial charge in [0.25, 0.3) is 0 Å². The molecule has 0 saturated heterocycles. The van der Waals surface area contributed by atoms with Crippen molar-refractivity contribution in [2.24, 2.45) is 0 Å². The summed E-state index contributed by atoms with van der Waals surface area (Å²) in [6.45, 7) is 3.58. The van der Waals surface area contributed by atoms with Crippen LogP contribution in [-0.2, 0) is 4.79 Å². The van der Waals surface area contributed by atoms with Crippen molar-refractivity contribution >= 4 is 17.6 Å². The van der Waals surface area contributed by atoms with E-state index in [2.05, 4.69) is 0 Å². The number of benzene rings is 3. The fraction of sp³-hybridized carbons (Fsp3) is 0.136. The van der Waals surface area contributed by atoms with Crippen molar-refractivity contribution in [1.29, 1.82) is 0 Å². The molecule has 0 aliphatic carbocycles. The molecule has 0 unspecified atom stereocenters. The average molecular weight is 367 g/mol. The van der Waals surface area contributed by atoms with E-state index in [1.165, 1.54) is 0 Å². The van der Waals surface area contributed by atoms with E-state index in [9.17, 15) is 4.79 Å². The summed E-state index contributed by atoms with van der Waals surface area (Å²) in [6.07, 6.45) is 0. The number of carbonyl (C=O) groups is 1. The zero-order chi connectivity index (χ0) is 18.5. The number of rotatable bonds is 5. The highest BCUT2D eigenvalue weighted by atomic mass is 35.5. The lowest BCUT2D eigenvalue weighted by molar-refractivity contribution is -0.136. The highest BCUT2D eigenvalue weighted by molar-refractivity contribution is 6.32. The molecule has 0 aromatic heterocycles. The van der Waals surface area contributed by atoms with Crippen molar-refractivity contribution in [3.8, 4) is 22.6 Å². The van der Waals surface area contributed by atoms with Crippen molar-refractivity contribution < 1.29 is 14.3 Å². The van der Waals surface area contributed by atoms with Crippen LogP contribution in [0.4, 0.5) is 0 Å². The van der Waals surface area contributed by atoms with Crippen molar-refractivity contribution in [1.82, 2.24) is 0 Å². The van der Waals surface area contributed by atoms with E-state index in [0.29, 0.717) is 16.5 Å². The van der Waals surface area contributed by atoms with E-state index in [0.717, 1.165) is 22.3 Å². The maximum Gasteiger partial charge on any atom is 0.349 e. The van der Waals surface area contributed by atoms with Crippen LogP contribution in [0.2, 0.25) is 5.02 Å². The number of carbonyl (C=O) groups excluding carboxylic acids is 1. The average Bonchev–Trinajstić information content (AvgIpc) is 2.65. The molecule has 132 valence electrons. The molecule has 0 heterocycles. The van der Waals surface area contributed by atoms with E-state index in [-0.39, 0.29) is 6.61 Å². The van der Waals surface area contributed by atoms with Gasteiger partial charge in [0.05, 0.1) is 0 Å². The van der Waals surface area contributed by atoms with Gasteiger partial charge in [-0.1, -0.05) is 54.1 Å². The molecule has 0 radical (unpaired) electrons. The van der Waals surface area contributed by atoms with Gasteiger partial charge in [0.2, 0.25) is 0 Å². The SMILES string of the molecule is Cc1cc(OC(=O)COc2ccc(-c3ccccc3)cc2)cc(C)c1Cl. The third-order valence-corrected chi connectivity index (χ3v) is 4.56. The Morgan fingerprint density at radius 3 is 2.04 bits per heavy atom. The van der Waals surface area contributed by atoms with Gasteiger partial charge in [-0.05, 0) is 60.4 Å². The zero-order valence-corrected chi connectivity index (χ0v) is 15.4. The van der Waals surface area contributed by atoms with E-state index in [1.807, 2.05) is 68.4 Å². The summed E-state index contributed by atoms with van der Waals surface area (Å²) in [5.74, 6) is 0.626. The largest absolute Gasteiger partial charge is 0.482 e. The van der Waals surface area contributed by atoms with Gasteiger partial charge in [-0.3, -0.25) is 0 Å². The van der Waals surface area contributed by atoms with Crippen molar-refractivity contribution in [3.63, 3.8) is 0 Å². The van der Waals surface area contributed by atoms with Crippen LogP contribution in [0.3, 0.4) is 0 Å². The third kappa shape index (κ3) is 4.44. The summed E-state index contributed by atoms with van der Waals surface area (Å²) >= 11 is 6.12. The van der Waals surface area contributed by atoms with Crippen molar-refractivity contribution in [3.05, 3.63) is 82.9 Å². The summed E-state index contributed by atoms with van der Waals surface area (Å²) in [4.78, 5) is 12.0. The second-order valence-corrected chi connectivity index (χ2v) is 6.40. The van der Waals surface area contributed by atoms with Crippen LogP contribution in [0.25, 0.3) is 11.1 Å². The van der Waals surface area contributed by atoms with Gasteiger partial charge in [0, 0.05) is 5.02 Å². The molecule has 0 saturated carbocycles. The quantitative estimate of drug-likeness (QED) is 0.435. The van der Waals surface area contributed by atoms with Gasteiger partial charge in [-0.15, -0.1) is 0 Å². The maximum absolute atomic E-state index is 12.0. The fourth-order valence-corrected chi connectivity index (χ4v) is 2.75. The van der Waals surface area contributed by atoms with Crippen LogP contribution in [-0.4, -0.2) is 12.6 Å². The molecule has 26 heavy (non-hydrogen) atoms. The first-order chi connectivity index (χ1) is 12.5. The molecule has 3 nitrogen and oxygen atoms in total. The molecule has 0 fully saturated rings. The number of halogens is 1. The third-order valence-electron chi connectivity index (χ3n) is 3.96. The van der Waals surface area contributed by atoms with Crippen LogP contribution >= 0.6 is 11.6 Å². The van der Waals surface area contributed by atoms with Gasteiger partial charge in [-0.25, -0.2) is 4.79 Å². The van der Waals surface area contributed by atoms with Gasteiger partial charge >= 0.3 is 5.97 Å². The molecule has 0 atom stereocenters. The highest BCUT2D eigenvalue weighted by Crippen LogP contribution is 2.26. The molecule has 0 N–H and O–H groups in total. The van der Waals surface area contributed by atoms with Crippen molar-refractivity contribution in [2.45, 2.75) is 13.8 Å². The van der Waals surface area contributed by atoms with Gasteiger partial charge in [0.15, 0.2) is 6.61 Å². The van der Waals surface area contributed by atoms with E-state index in [1.54, 1.807) is 12.1 Å². The lowest BCUT2D eigenvalue weighted by atomic mass is 10.1. The van der Waals surface area contributed by atoms with Crippen molar-refractivity contribution in [2.75, 3.05) is 6.61 Å². The minimum Gasteiger partial charge on any atom is -0.482 e. The fourth-order valence-electron chi connectivity index (χ4n) is 2.64. The van der Waals surface area contributed by atoms with Crippen LogP contribution in [0.5, 0.6) is 11.5 Å². The minimum absolute atomic E-state index is 0.161. The Bertz CT molecular complexity index is 879. The zero-order valence-electron chi connectivity index (χ0n) is 14.7. The molecular formula is C22H19ClO3. The van der Waals surface area contributed by atoms with Gasteiger partial charge < -0.3 is 9.47 Å². The molecular weight excluding hydrogens is 348 g/mol. The second kappa shape index (κ2) is 8.07.